The molecule has 1 aliphatic rings. The molecule has 0 aliphatic carbocycles. The van der Waals surface area contributed by atoms with Gasteiger partial charge in [-0.05, 0) is 47.9 Å². The number of halogens is 1. The average molecular weight is 369 g/mol. The lowest BCUT2D eigenvalue weighted by Gasteiger charge is -2.16. The first kappa shape index (κ1) is 18.2. The van der Waals surface area contributed by atoms with Gasteiger partial charge in [-0.1, -0.05) is 35.9 Å². The normalized spacial score (nSPS) is 14.2. The Hall–Kier alpha value is -2.59. The van der Waals surface area contributed by atoms with Crippen molar-refractivity contribution in [3.63, 3.8) is 0 Å². The van der Waals surface area contributed by atoms with Crippen molar-refractivity contribution in [3.8, 4) is 0 Å². The summed E-state index contributed by atoms with van der Waals surface area (Å²) in [5.74, 6) is 0.103. The van der Waals surface area contributed by atoms with E-state index in [0.717, 1.165) is 29.8 Å². The molecule has 0 atom stereocenters. The van der Waals surface area contributed by atoms with Gasteiger partial charge < -0.3 is 9.80 Å². The molecule has 2 aromatic rings. The first-order valence-electron chi connectivity index (χ1n) is 8.61. The molecule has 1 saturated heterocycles. The van der Waals surface area contributed by atoms with Crippen LogP contribution in [0.4, 0.5) is 5.69 Å². The largest absolute Gasteiger partial charge is 0.338 e. The topological polar surface area (TPSA) is 40.6 Å². The van der Waals surface area contributed by atoms with Crippen LogP contribution in [0, 0.1) is 0 Å². The van der Waals surface area contributed by atoms with Crippen molar-refractivity contribution in [2.45, 2.75) is 19.4 Å². The van der Waals surface area contributed by atoms with Gasteiger partial charge in [0.1, 0.15) is 0 Å². The van der Waals surface area contributed by atoms with E-state index in [-0.39, 0.29) is 11.8 Å². The second-order valence-electron chi connectivity index (χ2n) is 6.39. The van der Waals surface area contributed by atoms with Gasteiger partial charge in [0, 0.05) is 43.3 Å². The molecular formula is C21H21ClN2O2. The van der Waals surface area contributed by atoms with E-state index in [1.165, 1.54) is 0 Å². The Balaban J connectivity index is 1.58. The van der Waals surface area contributed by atoms with Gasteiger partial charge in [-0.15, -0.1) is 0 Å². The Morgan fingerprint density at radius 1 is 1.15 bits per heavy atom. The van der Waals surface area contributed by atoms with E-state index < -0.39 is 0 Å². The van der Waals surface area contributed by atoms with Crippen molar-refractivity contribution in [2.24, 2.45) is 0 Å². The van der Waals surface area contributed by atoms with Crippen LogP contribution < -0.4 is 4.90 Å². The van der Waals surface area contributed by atoms with Gasteiger partial charge in [0.15, 0.2) is 0 Å². The number of benzene rings is 2. The van der Waals surface area contributed by atoms with Gasteiger partial charge in [0.2, 0.25) is 11.8 Å². The first-order valence-corrected chi connectivity index (χ1v) is 8.99. The van der Waals surface area contributed by atoms with Crippen molar-refractivity contribution >= 4 is 35.2 Å². The second kappa shape index (κ2) is 8.19. The third kappa shape index (κ3) is 4.52. The van der Waals surface area contributed by atoms with Crippen molar-refractivity contribution in [1.82, 2.24) is 4.90 Å². The quantitative estimate of drug-likeness (QED) is 0.744. The molecular weight excluding hydrogens is 348 g/mol. The maximum atomic E-state index is 12.3. The van der Waals surface area contributed by atoms with Gasteiger partial charge >= 0.3 is 0 Å². The smallest absolute Gasteiger partial charge is 0.246 e. The molecule has 5 heteroatoms. The Labute approximate surface area is 158 Å². The van der Waals surface area contributed by atoms with Gasteiger partial charge in [-0.3, -0.25) is 9.59 Å². The molecule has 1 heterocycles. The monoisotopic (exact) mass is 368 g/mol. The molecule has 3 rings (SSSR count). The first-order chi connectivity index (χ1) is 12.5. The number of hydrogen-bond acceptors (Lipinski definition) is 2. The van der Waals surface area contributed by atoms with Crippen LogP contribution in [0.1, 0.15) is 24.0 Å². The zero-order valence-corrected chi connectivity index (χ0v) is 15.4. The third-order valence-corrected chi connectivity index (χ3v) is 4.66. The summed E-state index contributed by atoms with van der Waals surface area (Å²) in [7, 11) is 1.77. The third-order valence-electron chi connectivity index (χ3n) is 4.41. The lowest BCUT2D eigenvalue weighted by molar-refractivity contribution is -0.125. The second-order valence-corrected chi connectivity index (χ2v) is 6.83. The van der Waals surface area contributed by atoms with Crippen molar-refractivity contribution in [1.29, 1.82) is 0 Å². The van der Waals surface area contributed by atoms with E-state index >= 15 is 0 Å². The Kier molecular flexibility index (Phi) is 5.74. The molecule has 0 unspecified atom stereocenters. The summed E-state index contributed by atoms with van der Waals surface area (Å²) in [5, 5.41) is 0.682. The molecule has 0 N–H and O–H groups in total. The number of anilines is 1. The fraction of sp³-hybridized carbons (Fsp3) is 0.238. The van der Waals surface area contributed by atoms with Crippen LogP contribution >= 0.6 is 11.6 Å². The van der Waals surface area contributed by atoms with Gasteiger partial charge in [-0.25, -0.2) is 0 Å². The fourth-order valence-electron chi connectivity index (χ4n) is 2.92. The van der Waals surface area contributed by atoms with Crippen LogP contribution in [-0.4, -0.2) is 30.3 Å². The SMILES string of the molecule is CN(Cc1ccc(Cl)cc1)C(=O)/C=C/c1ccc(N2CCCC2=O)cc1. The summed E-state index contributed by atoms with van der Waals surface area (Å²) in [4.78, 5) is 27.5. The van der Waals surface area contributed by atoms with Crippen LogP contribution in [0.2, 0.25) is 5.02 Å². The highest BCUT2D eigenvalue weighted by Gasteiger charge is 2.21. The Morgan fingerprint density at radius 3 is 2.46 bits per heavy atom. The summed E-state index contributed by atoms with van der Waals surface area (Å²) in [6, 6.07) is 15.1. The maximum absolute atomic E-state index is 12.3. The molecule has 0 aromatic heterocycles. The Morgan fingerprint density at radius 2 is 1.85 bits per heavy atom. The van der Waals surface area contributed by atoms with Gasteiger partial charge in [0.25, 0.3) is 0 Å². The molecule has 2 amide bonds. The lowest BCUT2D eigenvalue weighted by atomic mass is 10.1. The molecule has 0 bridgehead atoms. The number of rotatable bonds is 5. The van der Waals surface area contributed by atoms with Crippen LogP contribution in [0.15, 0.2) is 54.6 Å². The standard InChI is InChI=1S/C21H21ClN2O2/c1-23(15-17-4-9-18(22)10-5-17)20(25)13-8-16-6-11-19(12-7-16)24-14-2-3-21(24)26/h4-13H,2-3,14-15H2,1H3/b13-8+. The predicted octanol–water partition coefficient (Wildman–Crippen LogP) is 4.14. The van der Waals surface area contributed by atoms with Crippen LogP contribution in [0.25, 0.3) is 6.08 Å². The summed E-state index contributed by atoms with van der Waals surface area (Å²) in [6.07, 6.45) is 4.88. The highest BCUT2D eigenvalue weighted by Crippen LogP contribution is 2.22. The van der Waals surface area contributed by atoms with E-state index in [1.54, 1.807) is 29.0 Å². The maximum Gasteiger partial charge on any atom is 0.246 e. The van der Waals surface area contributed by atoms with Gasteiger partial charge in [-0.2, -0.15) is 0 Å². The van der Waals surface area contributed by atoms with E-state index in [0.29, 0.717) is 18.0 Å². The molecule has 2 aromatic carbocycles. The number of likely N-dealkylation sites (N-methyl/N-ethyl adjacent to an activating group) is 1. The number of nitrogens with zero attached hydrogens (tertiary/aromatic N) is 2. The average Bonchev–Trinajstić information content (AvgIpc) is 3.08. The zero-order valence-electron chi connectivity index (χ0n) is 14.7. The van der Waals surface area contributed by atoms with Gasteiger partial charge in [0.05, 0.1) is 0 Å². The molecule has 0 saturated carbocycles. The highest BCUT2D eigenvalue weighted by molar-refractivity contribution is 6.30. The molecule has 26 heavy (non-hydrogen) atoms. The van der Waals surface area contributed by atoms with E-state index in [1.807, 2.05) is 48.5 Å². The molecule has 134 valence electrons. The van der Waals surface area contributed by atoms with Crippen LogP contribution in [0.3, 0.4) is 0 Å². The minimum absolute atomic E-state index is 0.0706. The summed E-state index contributed by atoms with van der Waals surface area (Å²) in [6.45, 7) is 1.30. The molecule has 1 fully saturated rings. The van der Waals surface area contributed by atoms with E-state index in [9.17, 15) is 9.59 Å². The minimum atomic E-state index is -0.0706. The summed E-state index contributed by atoms with van der Waals surface area (Å²) in [5.41, 5.74) is 2.86. The molecule has 0 radical (unpaired) electrons. The molecule has 1 aliphatic heterocycles. The molecule has 0 spiro atoms. The van der Waals surface area contributed by atoms with Crippen LogP contribution in [-0.2, 0) is 16.1 Å². The lowest BCUT2D eigenvalue weighted by Crippen LogP contribution is -2.24. The zero-order chi connectivity index (χ0) is 18.5. The van der Waals surface area contributed by atoms with Crippen LogP contribution in [0.5, 0.6) is 0 Å². The highest BCUT2D eigenvalue weighted by atomic mass is 35.5. The number of amides is 2. The summed E-state index contributed by atoms with van der Waals surface area (Å²) >= 11 is 5.88. The summed E-state index contributed by atoms with van der Waals surface area (Å²) < 4.78 is 0. The molecule has 4 nitrogen and oxygen atoms in total. The fourth-order valence-corrected chi connectivity index (χ4v) is 3.05. The van der Waals surface area contributed by atoms with E-state index in [4.69, 9.17) is 11.6 Å². The number of carbonyl (C=O) groups is 2. The minimum Gasteiger partial charge on any atom is -0.338 e. The van der Waals surface area contributed by atoms with Crippen molar-refractivity contribution in [3.05, 3.63) is 70.8 Å². The predicted molar refractivity (Wildman–Crippen MR) is 105 cm³/mol. The van der Waals surface area contributed by atoms with E-state index in [2.05, 4.69) is 0 Å². The van der Waals surface area contributed by atoms with Crippen molar-refractivity contribution in [2.75, 3.05) is 18.5 Å². The number of hydrogen-bond donors (Lipinski definition) is 0. The van der Waals surface area contributed by atoms with Crippen molar-refractivity contribution < 1.29 is 9.59 Å². The Bertz CT molecular complexity index is 813. The number of carbonyl (C=O) groups excluding carboxylic acids is 2.